The Balaban J connectivity index is 2.03. The van der Waals surface area contributed by atoms with Crippen LogP contribution in [-0.4, -0.2) is 30.7 Å². The molecule has 100 valence electrons. The fourth-order valence-electron chi connectivity index (χ4n) is 2.05. The number of hydrogen-bond donors (Lipinski definition) is 1. The number of alkyl halides is 3. The van der Waals surface area contributed by atoms with Crippen LogP contribution >= 0.6 is 0 Å². The lowest BCUT2D eigenvalue weighted by Gasteiger charge is -2.32. The van der Waals surface area contributed by atoms with E-state index in [0.29, 0.717) is 6.54 Å². The van der Waals surface area contributed by atoms with Crippen LogP contribution in [0.25, 0.3) is 0 Å². The monoisotopic (exact) mass is 261 g/mol. The van der Waals surface area contributed by atoms with Gasteiger partial charge in [0.1, 0.15) is 5.75 Å². The standard InChI is InChI=1S/C12H14F3NO2/c13-12(14,15)18-11-5-3-9(4-6-11)16-7-1-2-10(17)8-16/h3-6,10,17H,1-2,7-8H2. The molecule has 0 aliphatic carbocycles. The Morgan fingerprint density at radius 1 is 1.22 bits per heavy atom. The number of hydrogen-bond acceptors (Lipinski definition) is 3. The van der Waals surface area contributed by atoms with Gasteiger partial charge in [0, 0.05) is 18.8 Å². The topological polar surface area (TPSA) is 32.7 Å². The van der Waals surface area contributed by atoms with E-state index in [9.17, 15) is 18.3 Å². The number of nitrogens with zero attached hydrogens (tertiary/aromatic N) is 1. The van der Waals surface area contributed by atoms with Crippen LogP contribution in [0.15, 0.2) is 24.3 Å². The van der Waals surface area contributed by atoms with Gasteiger partial charge in [0.25, 0.3) is 0 Å². The van der Waals surface area contributed by atoms with Crippen molar-refractivity contribution in [1.82, 2.24) is 0 Å². The minimum absolute atomic E-state index is 0.233. The van der Waals surface area contributed by atoms with Crippen molar-refractivity contribution in [2.75, 3.05) is 18.0 Å². The number of aliphatic hydroxyl groups excluding tert-OH is 1. The third-order valence-electron chi connectivity index (χ3n) is 2.83. The Morgan fingerprint density at radius 2 is 1.89 bits per heavy atom. The summed E-state index contributed by atoms with van der Waals surface area (Å²) in [5, 5.41) is 9.53. The lowest BCUT2D eigenvalue weighted by Crippen LogP contribution is -2.38. The lowest BCUT2D eigenvalue weighted by molar-refractivity contribution is -0.274. The molecule has 18 heavy (non-hydrogen) atoms. The van der Waals surface area contributed by atoms with Gasteiger partial charge in [0.15, 0.2) is 0 Å². The maximum Gasteiger partial charge on any atom is 0.573 e. The van der Waals surface area contributed by atoms with E-state index < -0.39 is 6.36 Å². The second-order valence-electron chi connectivity index (χ2n) is 4.28. The third kappa shape index (κ3) is 3.53. The van der Waals surface area contributed by atoms with Gasteiger partial charge < -0.3 is 14.7 Å². The quantitative estimate of drug-likeness (QED) is 0.888. The SMILES string of the molecule is OC1CCCN(c2ccc(OC(F)(F)F)cc2)C1. The molecule has 1 N–H and O–H groups in total. The number of aliphatic hydroxyl groups is 1. The van der Waals surface area contributed by atoms with Crippen molar-refractivity contribution in [3.63, 3.8) is 0 Å². The molecule has 0 bridgehead atoms. The number of halogens is 3. The second kappa shape index (κ2) is 5.06. The van der Waals surface area contributed by atoms with Crippen molar-refractivity contribution in [3.05, 3.63) is 24.3 Å². The number of benzene rings is 1. The highest BCUT2D eigenvalue weighted by Crippen LogP contribution is 2.26. The Hall–Kier alpha value is -1.43. The zero-order chi connectivity index (χ0) is 13.2. The van der Waals surface area contributed by atoms with Crippen LogP contribution in [-0.2, 0) is 0 Å². The fraction of sp³-hybridized carbons (Fsp3) is 0.500. The van der Waals surface area contributed by atoms with Gasteiger partial charge in [-0.2, -0.15) is 0 Å². The highest BCUT2D eigenvalue weighted by molar-refractivity contribution is 5.49. The average Bonchev–Trinajstić information content (AvgIpc) is 2.28. The molecule has 3 nitrogen and oxygen atoms in total. The molecular weight excluding hydrogens is 247 g/mol. The first-order valence-electron chi connectivity index (χ1n) is 5.73. The second-order valence-corrected chi connectivity index (χ2v) is 4.28. The average molecular weight is 261 g/mol. The van der Waals surface area contributed by atoms with Crippen LogP contribution in [0.5, 0.6) is 5.75 Å². The molecule has 1 aromatic carbocycles. The number of ether oxygens (including phenoxy) is 1. The molecule has 1 heterocycles. The molecule has 1 aliphatic heterocycles. The van der Waals surface area contributed by atoms with Gasteiger partial charge in [-0.15, -0.1) is 13.2 Å². The van der Waals surface area contributed by atoms with Crippen LogP contribution in [0.2, 0.25) is 0 Å². The maximum atomic E-state index is 12.0. The summed E-state index contributed by atoms with van der Waals surface area (Å²) in [5.74, 6) is -0.233. The van der Waals surface area contributed by atoms with Crippen molar-refractivity contribution >= 4 is 5.69 Å². The number of β-amino-alcohol motifs (C(OH)–C–C–N with tert-alkyl or cyclic N) is 1. The van der Waals surface area contributed by atoms with Crippen LogP contribution < -0.4 is 9.64 Å². The summed E-state index contributed by atoms with van der Waals surface area (Å²) in [6, 6.07) is 5.70. The van der Waals surface area contributed by atoms with Crippen LogP contribution in [0, 0.1) is 0 Å². The van der Waals surface area contributed by atoms with Crippen molar-refractivity contribution < 1.29 is 23.0 Å². The Kier molecular flexibility index (Phi) is 3.65. The summed E-state index contributed by atoms with van der Waals surface area (Å²) in [4.78, 5) is 1.95. The summed E-state index contributed by atoms with van der Waals surface area (Å²) in [7, 11) is 0. The van der Waals surface area contributed by atoms with E-state index in [-0.39, 0.29) is 11.9 Å². The summed E-state index contributed by atoms with van der Waals surface area (Å²) in [5.41, 5.74) is 0.795. The van der Waals surface area contributed by atoms with Gasteiger partial charge in [-0.05, 0) is 37.1 Å². The molecular formula is C12H14F3NO2. The first-order valence-corrected chi connectivity index (χ1v) is 5.73. The van der Waals surface area contributed by atoms with E-state index >= 15 is 0 Å². The summed E-state index contributed by atoms with van der Waals surface area (Å²) in [6.07, 6.45) is -3.39. The molecule has 0 spiro atoms. The third-order valence-corrected chi connectivity index (χ3v) is 2.83. The molecule has 1 saturated heterocycles. The zero-order valence-corrected chi connectivity index (χ0v) is 9.65. The van der Waals surface area contributed by atoms with Crippen LogP contribution in [0.4, 0.5) is 18.9 Å². The van der Waals surface area contributed by atoms with Gasteiger partial charge in [-0.3, -0.25) is 0 Å². The molecule has 1 atom stereocenters. The zero-order valence-electron chi connectivity index (χ0n) is 9.65. The molecule has 0 aromatic heterocycles. The molecule has 1 fully saturated rings. The minimum atomic E-state index is -4.66. The van der Waals surface area contributed by atoms with Gasteiger partial charge in [-0.1, -0.05) is 0 Å². The predicted molar refractivity (Wildman–Crippen MR) is 60.6 cm³/mol. The van der Waals surface area contributed by atoms with Crippen molar-refractivity contribution in [1.29, 1.82) is 0 Å². The smallest absolute Gasteiger partial charge is 0.406 e. The molecule has 0 amide bonds. The van der Waals surface area contributed by atoms with E-state index in [1.807, 2.05) is 4.90 Å². The summed E-state index contributed by atoms with van der Waals surface area (Å²) < 4.78 is 39.7. The number of piperidine rings is 1. The van der Waals surface area contributed by atoms with Gasteiger partial charge in [0.05, 0.1) is 6.10 Å². The molecule has 2 rings (SSSR count). The maximum absolute atomic E-state index is 12.0. The summed E-state index contributed by atoms with van der Waals surface area (Å²) in [6.45, 7) is 1.32. The first kappa shape index (κ1) is 13.0. The largest absolute Gasteiger partial charge is 0.573 e. The molecule has 0 saturated carbocycles. The van der Waals surface area contributed by atoms with E-state index in [2.05, 4.69) is 4.74 Å². The van der Waals surface area contributed by atoms with Crippen LogP contribution in [0.1, 0.15) is 12.8 Å². The van der Waals surface area contributed by atoms with Gasteiger partial charge in [0.2, 0.25) is 0 Å². The van der Waals surface area contributed by atoms with Crippen molar-refractivity contribution in [2.45, 2.75) is 25.3 Å². The summed E-state index contributed by atoms with van der Waals surface area (Å²) >= 11 is 0. The molecule has 0 radical (unpaired) electrons. The van der Waals surface area contributed by atoms with Gasteiger partial charge in [-0.25, -0.2) is 0 Å². The minimum Gasteiger partial charge on any atom is -0.406 e. The van der Waals surface area contributed by atoms with E-state index in [4.69, 9.17) is 0 Å². The number of rotatable bonds is 2. The van der Waals surface area contributed by atoms with Crippen LogP contribution in [0.3, 0.4) is 0 Å². The Bertz CT molecular complexity index is 391. The Morgan fingerprint density at radius 3 is 2.44 bits per heavy atom. The van der Waals surface area contributed by atoms with E-state index in [0.717, 1.165) is 25.1 Å². The van der Waals surface area contributed by atoms with Crippen molar-refractivity contribution in [3.8, 4) is 5.75 Å². The predicted octanol–water partition coefficient (Wildman–Crippen LogP) is 2.55. The van der Waals surface area contributed by atoms with Crippen molar-refractivity contribution in [2.24, 2.45) is 0 Å². The first-order chi connectivity index (χ1) is 8.44. The number of anilines is 1. The highest BCUT2D eigenvalue weighted by atomic mass is 19.4. The van der Waals surface area contributed by atoms with E-state index in [1.54, 1.807) is 12.1 Å². The fourth-order valence-corrected chi connectivity index (χ4v) is 2.05. The molecule has 6 heteroatoms. The Labute approximate surface area is 103 Å². The normalized spacial score (nSPS) is 20.9. The lowest BCUT2D eigenvalue weighted by atomic mass is 10.1. The molecule has 1 unspecified atom stereocenters. The highest BCUT2D eigenvalue weighted by Gasteiger charge is 2.31. The van der Waals surface area contributed by atoms with Gasteiger partial charge >= 0.3 is 6.36 Å². The molecule has 1 aromatic rings. The molecule has 1 aliphatic rings. The van der Waals surface area contributed by atoms with E-state index in [1.165, 1.54) is 12.1 Å².